The number of sulfone groups is 1. The molecule has 0 radical (unpaired) electrons. The minimum atomic E-state index is -3.66. The summed E-state index contributed by atoms with van der Waals surface area (Å²) in [5, 5.41) is 10.9. The zero-order valence-corrected chi connectivity index (χ0v) is 10.9. The number of rotatable bonds is 8. The summed E-state index contributed by atoms with van der Waals surface area (Å²) in [4.78, 5) is 21.5. The lowest BCUT2D eigenvalue weighted by Crippen LogP contribution is -2.45. The summed E-state index contributed by atoms with van der Waals surface area (Å²) in [5.41, 5.74) is 0. The van der Waals surface area contributed by atoms with Gasteiger partial charge in [-0.05, 0) is 18.8 Å². The molecule has 7 nitrogen and oxygen atoms in total. The average Bonchev–Trinajstić information content (AvgIpc) is 2.99. The average molecular weight is 279 g/mol. The summed E-state index contributed by atoms with van der Waals surface area (Å²) in [6.45, 7) is 1.52. The van der Waals surface area contributed by atoms with Crippen LogP contribution in [0.2, 0.25) is 0 Å². The Morgan fingerprint density at radius 2 is 2.06 bits per heavy atom. The first-order chi connectivity index (χ1) is 8.30. The van der Waals surface area contributed by atoms with Crippen LogP contribution in [0, 0.1) is 5.92 Å². The van der Waals surface area contributed by atoms with Crippen LogP contribution in [-0.2, 0) is 24.2 Å². The van der Waals surface area contributed by atoms with Gasteiger partial charge in [-0.25, -0.2) is 13.2 Å². The van der Waals surface area contributed by atoms with Crippen LogP contribution in [0.15, 0.2) is 0 Å². The zero-order valence-electron chi connectivity index (χ0n) is 10.1. The molecule has 0 aliphatic heterocycles. The van der Waals surface area contributed by atoms with Gasteiger partial charge in [0, 0.05) is 6.92 Å². The molecular formula is C10H17NO6S. The van der Waals surface area contributed by atoms with E-state index in [1.807, 2.05) is 0 Å². The number of carboxylic acid groups (broad SMARTS) is 1. The van der Waals surface area contributed by atoms with Crippen LogP contribution in [0.25, 0.3) is 0 Å². The van der Waals surface area contributed by atoms with E-state index in [-0.39, 0.29) is 0 Å². The predicted octanol–water partition coefficient (Wildman–Crippen LogP) is -0.625. The smallest absolute Gasteiger partial charge is 0.327 e. The molecule has 1 atom stereocenters. The van der Waals surface area contributed by atoms with Crippen molar-refractivity contribution in [3.63, 3.8) is 0 Å². The van der Waals surface area contributed by atoms with Gasteiger partial charge in [-0.2, -0.15) is 0 Å². The second kappa shape index (κ2) is 6.14. The second-order valence-corrected chi connectivity index (χ2v) is 6.49. The van der Waals surface area contributed by atoms with Gasteiger partial charge < -0.3 is 15.2 Å². The van der Waals surface area contributed by atoms with Crippen molar-refractivity contribution in [3.8, 4) is 0 Å². The van der Waals surface area contributed by atoms with E-state index in [1.54, 1.807) is 0 Å². The van der Waals surface area contributed by atoms with Gasteiger partial charge in [0.1, 0.15) is 12.0 Å². The molecule has 1 amide bonds. The topological polar surface area (TPSA) is 110 Å². The molecule has 0 aromatic carbocycles. The van der Waals surface area contributed by atoms with E-state index in [4.69, 9.17) is 9.84 Å². The third kappa shape index (κ3) is 5.97. The standard InChI is InChI=1S/C10H17NO6S/c1-7(12)11-9(10(13)14)5-18(15,16)6-17-4-8-2-3-8/h8-9H,2-6H2,1H3,(H,11,12)(H,13,14)/t9-/m0/s1. The fraction of sp³-hybridized carbons (Fsp3) is 0.800. The molecular weight excluding hydrogens is 262 g/mol. The van der Waals surface area contributed by atoms with E-state index in [2.05, 4.69) is 5.32 Å². The summed E-state index contributed by atoms with van der Waals surface area (Å²) in [7, 11) is -3.66. The lowest BCUT2D eigenvalue weighted by molar-refractivity contribution is -0.140. The Bertz CT molecular complexity index is 414. The second-order valence-electron chi connectivity index (χ2n) is 4.43. The summed E-state index contributed by atoms with van der Waals surface area (Å²) >= 11 is 0. The van der Waals surface area contributed by atoms with Crippen LogP contribution in [0.5, 0.6) is 0 Å². The highest BCUT2D eigenvalue weighted by Gasteiger charge is 2.27. The molecule has 18 heavy (non-hydrogen) atoms. The number of aliphatic carboxylic acids is 1. The maximum absolute atomic E-state index is 11.6. The lowest BCUT2D eigenvalue weighted by atomic mass is 10.3. The maximum atomic E-state index is 11.6. The highest BCUT2D eigenvalue weighted by molar-refractivity contribution is 7.91. The zero-order chi connectivity index (χ0) is 13.8. The van der Waals surface area contributed by atoms with Crippen molar-refractivity contribution in [1.82, 2.24) is 5.32 Å². The van der Waals surface area contributed by atoms with Crippen LogP contribution in [-0.4, -0.2) is 49.7 Å². The number of carbonyl (C=O) groups excluding carboxylic acids is 1. The van der Waals surface area contributed by atoms with E-state index in [0.717, 1.165) is 19.8 Å². The summed E-state index contributed by atoms with van der Waals surface area (Å²) < 4.78 is 28.2. The van der Waals surface area contributed by atoms with Gasteiger partial charge in [0.25, 0.3) is 0 Å². The first kappa shape index (κ1) is 14.9. The van der Waals surface area contributed by atoms with Crippen molar-refractivity contribution in [1.29, 1.82) is 0 Å². The maximum Gasteiger partial charge on any atom is 0.327 e. The van der Waals surface area contributed by atoms with Gasteiger partial charge in [0.05, 0.1) is 12.4 Å². The van der Waals surface area contributed by atoms with Crippen LogP contribution < -0.4 is 5.32 Å². The fourth-order valence-electron chi connectivity index (χ4n) is 1.35. The quantitative estimate of drug-likeness (QED) is 0.612. The molecule has 8 heteroatoms. The molecule has 0 unspecified atom stereocenters. The molecule has 1 aliphatic carbocycles. The third-order valence-corrected chi connectivity index (χ3v) is 3.78. The number of amides is 1. The lowest BCUT2D eigenvalue weighted by Gasteiger charge is -2.13. The number of nitrogens with one attached hydrogen (secondary N) is 1. The van der Waals surface area contributed by atoms with E-state index in [0.29, 0.717) is 12.5 Å². The van der Waals surface area contributed by atoms with Crippen molar-refractivity contribution in [2.24, 2.45) is 5.92 Å². The van der Waals surface area contributed by atoms with Crippen molar-refractivity contribution in [2.45, 2.75) is 25.8 Å². The molecule has 0 aromatic heterocycles. The summed E-state index contributed by atoms with van der Waals surface area (Å²) in [5.74, 6) is -2.70. The van der Waals surface area contributed by atoms with Gasteiger partial charge >= 0.3 is 5.97 Å². The number of hydrogen-bond acceptors (Lipinski definition) is 5. The molecule has 104 valence electrons. The van der Waals surface area contributed by atoms with Crippen LogP contribution in [0.4, 0.5) is 0 Å². The molecule has 0 spiro atoms. The van der Waals surface area contributed by atoms with Crippen molar-refractivity contribution < 1.29 is 27.9 Å². The Kier molecular flexibility index (Phi) is 5.09. The van der Waals surface area contributed by atoms with Crippen molar-refractivity contribution in [3.05, 3.63) is 0 Å². The first-order valence-corrected chi connectivity index (χ1v) is 7.40. The van der Waals surface area contributed by atoms with E-state index >= 15 is 0 Å². The van der Waals surface area contributed by atoms with E-state index in [1.165, 1.54) is 0 Å². The number of carbonyl (C=O) groups is 2. The van der Waals surface area contributed by atoms with Crippen LogP contribution >= 0.6 is 0 Å². The van der Waals surface area contributed by atoms with Gasteiger partial charge in [-0.3, -0.25) is 4.79 Å². The third-order valence-electron chi connectivity index (χ3n) is 2.41. The molecule has 0 heterocycles. The Balaban J connectivity index is 2.43. The van der Waals surface area contributed by atoms with Gasteiger partial charge in [-0.15, -0.1) is 0 Å². The molecule has 0 saturated heterocycles. The van der Waals surface area contributed by atoms with Crippen molar-refractivity contribution >= 4 is 21.7 Å². The normalized spacial score (nSPS) is 17.2. The molecule has 0 aromatic rings. The number of hydrogen-bond donors (Lipinski definition) is 2. The Labute approximate surface area is 105 Å². The molecule has 1 saturated carbocycles. The molecule has 0 bridgehead atoms. The van der Waals surface area contributed by atoms with Gasteiger partial charge in [-0.1, -0.05) is 0 Å². The van der Waals surface area contributed by atoms with E-state index < -0.39 is 39.4 Å². The van der Waals surface area contributed by atoms with E-state index in [9.17, 15) is 18.0 Å². The number of ether oxygens (including phenoxy) is 1. The fourth-order valence-corrected chi connectivity index (χ4v) is 2.53. The first-order valence-electron chi connectivity index (χ1n) is 5.58. The minimum Gasteiger partial charge on any atom is -0.480 e. The monoisotopic (exact) mass is 279 g/mol. The highest BCUT2D eigenvalue weighted by Crippen LogP contribution is 2.28. The number of carboxylic acids is 1. The van der Waals surface area contributed by atoms with Crippen LogP contribution in [0.1, 0.15) is 19.8 Å². The molecule has 1 aliphatic rings. The predicted molar refractivity (Wildman–Crippen MR) is 62.6 cm³/mol. The summed E-state index contributed by atoms with van der Waals surface area (Å²) in [6.07, 6.45) is 2.09. The van der Waals surface area contributed by atoms with Crippen LogP contribution in [0.3, 0.4) is 0 Å². The Morgan fingerprint density at radius 3 is 2.50 bits per heavy atom. The largest absolute Gasteiger partial charge is 0.480 e. The molecule has 2 N–H and O–H groups in total. The molecule has 1 rings (SSSR count). The SMILES string of the molecule is CC(=O)N[C@@H](CS(=O)(=O)COCC1CC1)C(=O)O. The van der Waals surface area contributed by atoms with Gasteiger partial charge in [0.2, 0.25) is 5.91 Å². The van der Waals surface area contributed by atoms with Gasteiger partial charge in [0.15, 0.2) is 9.84 Å². The summed E-state index contributed by atoms with van der Waals surface area (Å²) in [6, 6.07) is -1.43. The Morgan fingerprint density at radius 1 is 1.44 bits per heavy atom. The Hall–Kier alpha value is -1.15. The van der Waals surface area contributed by atoms with Crippen molar-refractivity contribution in [2.75, 3.05) is 18.3 Å². The minimum absolute atomic E-state index is 0.386. The molecule has 1 fully saturated rings. The highest BCUT2D eigenvalue weighted by atomic mass is 32.2.